The molecule has 0 atom stereocenters. The summed E-state index contributed by atoms with van der Waals surface area (Å²) in [5, 5.41) is 0. The van der Waals surface area contributed by atoms with Crippen LogP contribution in [0, 0.1) is 6.92 Å². The van der Waals surface area contributed by atoms with Crippen LogP contribution in [-0.4, -0.2) is 35.7 Å². The predicted molar refractivity (Wildman–Crippen MR) is 82.1 cm³/mol. The van der Waals surface area contributed by atoms with Gasteiger partial charge in [-0.1, -0.05) is 12.1 Å². The highest BCUT2D eigenvalue weighted by Gasteiger charge is 2.40. The van der Waals surface area contributed by atoms with Gasteiger partial charge in [-0.2, -0.15) is 0 Å². The van der Waals surface area contributed by atoms with E-state index in [1.165, 1.54) is 0 Å². The van der Waals surface area contributed by atoms with Gasteiger partial charge in [-0.05, 0) is 44.9 Å². The average molecular weight is 298 g/mol. The summed E-state index contributed by atoms with van der Waals surface area (Å²) < 4.78 is 22.9. The fourth-order valence-electron chi connectivity index (χ4n) is 2.24. The van der Waals surface area contributed by atoms with Crippen molar-refractivity contribution >= 4 is 8.80 Å². The van der Waals surface area contributed by atoms with Gasteiger partial charge >= 0.3 is 8.80 Å². The van der Waals surface area contributed by atoms with E-state index >= 15 is 0 Å². The van der Waals surface area contributed by atoms with Gasteiger partial charge in [0.1, 0.15) is 5.75 Å². The second kappa shape index (κ2) is 8.41. The molecule has 0 heterocycles. The maximum atomic E-state index is 5.87. The van der Waals surface area contributed by atoms with E-state index < -0.39 is 8.80 Å². The molecular weight excluding hydrogens is 272 g/mol. The largest absolute Gasteiger partial charge is 0.505 e. The van der Waals surface area contributed by atoms with Gasteiger partial charge in [-0.3, -0.25) is 0 Å². The number of hydrogen-bond donors (Lipinski definition) is 0. The molecule has 1 aromatic carbocycles. The molecule has 0 fully saturated rings. The molecule has 114 valence electrons. The van der Waals surface area contributed by atoms with Gasteiger partial charge in [0.25, 0.3) is 0 Å². The van der Waals surface area contributed by atoms with Gasteiger partial charge in [0, 0.05) is 25.9 Å². The van der Waals surface area contributed by atoms with E-state index in [1.54, 1.807) is 7.11 Å². The summed E-state index contributed by atoms with van der Waals surface area (Å²) in [5.41, 5.74) is 2.27. The maximum Gasteiger partial charge on any atom is 0.505 e. The molecule has 1 aromatic rings. The highest BCUT2D eigenvalue weighted by Crippen LogP contribution is 2.23. The van der Waals surface area contributed by atoms with Crippen molar-refractivity contribution in [3.63, 3.8) is 0 Å². The van der Waals surface area contributed by atoms with E-state index in [2.05, 4.69) is 6.07 Å². The molecule has 1 rings (SSSR count). The summed E-state index contributed by atoms with van der Waals surface area (Å²) in [6.45, 7) is 9.74. The molecule has 0 bridgehead atoms. The summed E-state index contributed by atoms with van der Waals surface area (Å²) in [6.07, 6.45) is 0. The topological polar surface area (TPSA) is 36.9 Å². The van der Waals surface area contributed by atoms with Gasteiger partial charge in [-0.25, -0.2) is 0 Å². The van der Waals surface area contributed by atoms with E-state index in [-0.39, 0.29) is 0 Å². The van der Waals surface area contributed by atoms with Crippen LogP contribution in [0.15, 0.2) is 18.2 Å². The van der Waals surface area contributed by atoms with Crippen LogP contribution in [0.1, 0.15) is 31.9 Å². The third-order valence-corrected chi connectivity index (χ3v) is 6.00. The number of benzene rings is 1. The van der Waals surface area contributed by atoms with Crippen LogP contribution in [0.5, 0.6) is 5.75 Å². The summed E-state index contributed by atoms with van der Waals surface area (Å²) in [4.78, 5) is 0. The predicted octanol–water partition coefficient (Wildman–Crippen LogP) is 3.13. The molecule has 0 aliphatic carbocycles. The maximum absolute atomic E-state index is 5.87. The van der Waals surface area contributed by atoms with E-state index in [9.17, 15) is 0 Å². The van der Waals surface area contributed by atoms with Crippen molar-refractivity contribution in [3.8, 4) is 5.75 Å². The molecule has 5 heteroatoms. The van der Waals surface area contributed by atoms with Gasteiger partial charge < -0.3 is 18.0 Å². The van der Waals surface area contributed by atoms with Gasteiger partial charge in [0.05, 0.1) is 7.11 Å². The average Bonchev–Trinajstić information content (AvgIpc) is 2.40. The first-order chi connectivity index (χ1) is 9.60. The molecule has 0 saturated heterocycles. The number of methoxy groups -OCH3 is 1. The van der Waals surface area contributed by atoms with Gasteiger partial charge in [-0.15, -0.1) is 0 Å². The second-order valence-corrected chi connectivity index (χ2v) is 7.05. The minimum Gasteiger partial charge on any atom is -0.496 e. The standard InChI is InChI=1S/C15H26O4Si/c1-6-17-20(18-7-2,19-8-3)12-14-9-10-15(16-5)13(4)11-14/h9-11H,6-8,12H2,1-5H3. The quantitative estimate of drug-likeness (QED) is 0.656. The number of aryl methyl sites for hydroxylation is 1. The molecule has 4 nitrogen and oxygen atoms in total. The summed E-state index contributed by atoms with van der Waals surface area (Å²) >= 11 is 0. The Morgan fingerprint density at radius 1 is 0.950 bits per heavy atom. The fraction of sp³-hybridized carbons (Fsp3) is 0.600. The van der Waals surface area contributed by atoms with E-state index in [1.807, 2.05) is 39.8 Å². The summed E-state index contributed by atoms with van der Waals surface area (Å²) in [7, 11) is -0.946. The Kier molecular flexibility index (Phi) is 7.22. The Hall–Kier alpha value is -0.883. The van der Waals surface area contributed by atoms with Crippen molar-refractivity contribution < 1.29 is 18.0 Å². The van der Waals surface area contributed by atoms with Crippen LogP contribution in [-0.2, 0) is 19.3 Å². The van der Waals surface area contributed by atoms with Crippen molar-refractivity contribution in [2.24, 2.45) is 0 Å². The molecule has 20 heavy (non-hydrogen) atoms. The molecule has 0 unspecified atom stereocenters. The SMILES string of the molecule is CCO[Si](Cc1ccc(OC)c(C)c1)(OCC)OCC. The van der Waals surface area contributed by atoms with Crippen LogP contribution in [0.25, 0.3) is 0 Å². The Balaban J connectivity index is 2.95. The number of hydrogen-bond acceptors (Lipinski definition) is 4. The minimum absolute atomic E-state index is 0.599. The lowest BCUT2D eigenvalue weighted by atomic mass is 10.1. The lowest BCUT2D eigenvalue weighted by Crippen LogP contribution is -2.48. The summed E-state index contributed by atoms with van der Waals surface area (Å²) in [5.74, 6) is 0.894. The van der Waals surface area contributed by atoms with Crippen LogP contribution in [0.2, 0.25) is 0 Å². The highest BCUT2D eigenvalue weighted by molar-refractivity contribution is 6.60. The smallest absolute Gasteiger partial charge is 0.496 e. The van der Waals surface area contributed by atoms with Gasteiger partial charge in [0.2, 0.25) is 0 Å². The Morgan fingerprint density at radius 3 is 1.90 bits per heavy atom. The van der Waals surface area contributed by atoms with Crippen molar-refractivity contribution in [1.29, 1.82) is 0 Å². The van der Waals surface area contributed by atoms with Crippen molar-refractivity contribution in [3.05, 3.63) is 29.3 Å². The van der Waals surface area contributed by atoms with E-state index in [0.29, 0.717) is 25.9 Å². The van der Waals surface area contributed by atoms with Crippen molar-refractivity contribution in [2.75, 3.05) is 26.9 Å². The van der Waals surface area contributed by atoms with Gasteiger partial charge in [0.15, 0.2) is 0 Å². The zero-order valence-electron chi connectivity index (χ0n) is 13.2. The molecule has 0 saturated carbocycles. The number of rotatable bonds is 9. The zero-order valence-corrected chi connectivity index (χ0v) is 14.2. The van der Waals surface area contributed by atoms with Crippen molar-refractivity contribution in [2.45, 2.75) is 33.7 Å². The highest BCUT2D eigenvalue weighted by atomic mass is 28.4. The van der Waals surface area contributed by atoms with Crippen molar-refractivity contribution in [1.82, 2.24) is 0 Å². The van der Waals surface area contributed by atoms with Crippen LogP contribution < -0.4 is 4.74 Å². The molecule has 0 radical (unpaired) electrons. The molecule has 0 aromatic heterocycles. The Labute approximate surface area is 123 Å². The minimum atomic E-state index is -2.63. The lowest BCUT2D eigenvalue weighted by Gasteiger charge is -2.28. The summed E-state index contributed by atoms with van der Waals surface area (Å²) in [6, 6.07) is 6.82. The Bertz CT molecular complexity index is 392. The molecule has 0 spiro atoms. The molecule has 0 amide bonds. The van der Waals surface area contributed by atoms with Crippen LogP contribution in [0.3, 0.4) is 0 Å². The third kappa shape index (κ3) is 4.59. The second-order valence-electron chi connectivity index (χ2n) is 4.46. The number of ether oxygens (including phenoxy) is 1. The fourth-order valence-corrected chi connectivity index (χ4v) is 4.83. The van der Waals surface area contributed by atoms with Crippen LogP contribution >= 0.6 is 0 Å². The first-order valence-corrected chi connectivity index (χ1v) is 9.09. The monoisotopic (exact) mass is 298 g/mol. The third-order valence-electron chi connectivity index (χ3n) is 2.97. The molecule has 0 aliphatic heterocycles. The Morgan fingerprint density at radius 2 is 1.50 bits per heavy atom. The first kappa shape index (κ1) is 17.2. The molecule has 0 aliphatic rings. The molecular formula is C15H26O4Si. The first-order valence-electron chi connectivity index (χ1n) is 7.16. The zero-order chi connectivity index (χ0) is 15.0. The van der Waals surface area contributed by atoms with E-state index in [0.717, 1.165) is 16.9 Å². The van der Waals surface area contributed by atoms with E-state index in [4.69, 9.17) is 18.0 Å². The molecule has 0 N–H and O–H groups in total. The van der Waals surface area contributed by atoms with Crippen LogP contribution in [0.4, 0.5) is 0 Å². The normalized spacial score (nSPS) is 11.7. The lowest BCUT2D eigenvalue weighted by molar-refractivity contribution is 0.0704.